The quantitative estimate of drug-likeness (QED) is 0.394. The average Bonchev–Trinajstić information content (AvgIpc) is 2.44. The SMILES string of the molecule is NC(=NO)c1ccc(COc2cc(F)cc(F)c2)c(F)c1. The minimum Gasteiger partial charge on any atom is -0.489 e. The molecular formula is C14H11F3N2O2. The van der Waals surface area contributed by atoms with Gasteiger partial charge in [0.25, 0.3) is 0 Å². The molecule has 3 N–H and O–H groups in total. The fraction of sp³-hybridized carbons (Fsp3) is 0.0714. The van der Waals surface area contributed by atoms with Gasteiger partial charge in [-0.1, -0.05) is 17.3 Å². The molecule has 0 aliphatic heterocycles. The van der Waals surface area contributed by atoms with Crippen molar-refractivity contribution in [3.63, 3.8) is 0 Å². The number of hydrogen-bond donors (Lipinski definition) is 2. The number of ether oxygens (including phenoxy) is 1. The number of halogens is 3. The Morgan fingerprint density at radius 1 is 1.10 bits per heavy atom. The molecule has 0 unspecified atom stereocenters. The molecule has 21 heavy (non-hydrogen) atoms. The molecule has 0 aliphatic rings. The van der Waals surface area contributed by atoms with Crippen molar-refractivity contribution in [2.24, 2.45) is 10.9 Å². The molecule has 0 atom stereocenters. The normalized spacial score (nSPS) is 11.5. The van der Waals surface area contributed by atoms with E-state index in [0.29, 0.717) is 6.07 Å². The van der Waals surface area contributed by atoms with Gasteiger partial charge in [0.2, 0.25) is 0 Å². The summed E-state index contributed by atoms with van der Waals surface area (Å²) in [5.41, 5.74) is 5.70. The van der Waals surface area contributed by atoms with Gasteiger partial charge < -0.3 is 15.7 Å². The third-order valence-electron chi connectivity index (χ3n) is 2.69. The Balaban J connectivity index is 2.13. The summed E-state index contributed by atoms with van der Waals surface area (Å²) < 4.78 is 44.9. The van der Waals surface area contributed by atoms with Crippen molar-refractivity contribution < 1.29 is 23.1 Å². The Hall–Kier alpha value is -2.70. The van der Waals surface area contributed by atoms with E-state index in [1.807, 2.05) is 0 Å². The maximum atomic E-state index is 13.8. The first-order valence-electron chi connectivity index (χ1n) is 5.85. The van der Waals surface area contributed by atoms with Crippen LogP contribution >= 0.6 is 0 Å². The van der Waals surface area contributed by atoms with E-state index in [9.17, 15) is 13.2 Å². The molecule has 0 bridgehead atoms. The van der Waals surface area contributed by atoms with Gasteiger partial charge in [-0.05, 0) is 6.07 Å². The van der Waals surface area contributed by atoms with Crippen LogP contribution in [0, 0.1) is 17.5 Å². The van der Waals surface area contributed by atoms with E-state index in [1.54, 1.807) is 0 Å². The van der Waals surface area contributed by atoms with Gasteiger partial charge in [-0.3, -0.25) is 0 Å². The van der Waals surface area contributed by atoms with E-state index >= 15 is 0 Å². The van der Waals surface area contributed by atoms with E-state index in [-0.39, 0.29) is 29.3 Å². The van der Waals surface area contributed by atoms with Crippen LogP contribution in [0.25, 0.3) is 0 Å². The van der Waals surface area contributed by atoms with Crippen LogP contribution in [0.2, 0.25) is 0 Å². The smallest absolute Gasteiger partial charge is 0.170 e. The maximum absolute atomic E-state index is 13.8. The zero-order chi connectivity index (χ0) is 15.4. The van der Waals surface area contributed by atoms with Gasteiger partial charge in [0, 0.05) is 29.3 Å². The third kappa shape index (κ3) is 3.65. The first kappa shape index (κ1) is 14.7. The van der Waals surface area contributed by atoms with Gasteiger partial charge in [-0.25, -0.2) is 13.2 Å². The van der Waals surface area contributed by atoms with Crippen molar-refractivity contribution >= 4 is 5.84 Å². The summed E-state index contributed by atoms with van der Waals surface area (Å²) in [6.45, 7) is -0.217. The molecular weight excluding hydrogens is 285 g/mol. The topological polar surface area (TPSA) is 67.8 Å². The molecule has 7 heteroatoms. The van der Waals surface area contributed by atoms with Gasteiger partial charge in [0.1, 0.15) is 29.8 Å². The average molecular weight is 296 g/mol. The highest BCUT2D eigenvalue weighted by atomic mass is 19.1. The largest absolute Gasteiger partial charge is 0.489 e. The summed E-state index contributed by atoms with van der Waals surface area (Å²) in [6.07, 6.45) is 0. The van der Waals surface area contributed by atoms with Crippen LogP contribution in [-0.4, -0.2) is 11.0 Å². The zero-order valence-corrected chi connectivity index (χ0v) is 10.7. The lowest BCUT2D eigenvalue weighted by Crippen LogP contribution is -2.13. The van der Waals surface area contributed by atoms with Gasteiger partial charge >= 0.3 is 0 Å². The van der Waals surface area contributed by atoms with E-state index in [1.165, 1.54) is 12.1 Å². The molecule has 2 rings (SSSR count). The summed E-state index contributed by atoms with van der Waals surface area (Å²) in [5.74, 6) is -2.49. The monoisotopic (exact) mass is 296 g/mol. The summed E-state index contributed by atoms with van der Waals surface area (Å²) >= 11 is 0. The van der Waals surface area contributed by atoms with Crippen LogP contribution in [0.1, 0.15) is 11.1 Å². The first-order valence-corrected chi connectivity index (χ1v) is 5.85. The molecule has 0 radical (unpaired) electrons. The van der Waals surface area contributed by atoms with Crippen LogP contribution in [-0.2, 0) is 6.61 Å². The molecule has 4 nitrogen and oxygen atoms in total. The highest BCUT2D eigenvalue weighted by Crippen LogP contribution is 2.18. The molecule has 2 aromatic rings. The van der Waals surface area contributed by atoms with Crippen LogP contribution in [0.5, 0.6) is 5.75 Å². The highest BCUT2D eigenvalue weighted by molar-refractivity contribution is 5.97. The zero-order valence-electron chi connectivity index (χ0n) is 10.7. The van der Waals surface area contributed by atoms with Crippen LogP contribution in [0.4, 0.5) is 13.2 Å². The Bertz CT molecular complexity index is 670. The summed E-state index contributed by atoms with van der Waals surface area (Å²) in [4.78, 5) is 0. The second kappa shape index (κ2) is 6.17. The number of benzene rings is 2. The summed E-state index contributed by atoms with van der Waals surface area (Å²) in [7, 11) is 0. The second-order valence-electron chi connectivity index (χ2n) is 4.19. The molecule has 0 saturated carbocycles. The minimum atomic E-state index is -0.784. The van der Waals surface area contributed by atoms with Crippen LogP contribution < -0.4 is 10.5 Å². The first-order chi connectivity index (χ1) is 9.99. The lowest BCUT2D eigenvalue weighted by molar-refractivity contribution is 0.296. The van der Waals surface area contributed by atoms with Crippen molar-refractivity contribution in [1.29, 1.82) is 0 Å². The van der Waals surface area contributed by atoms with E-state index < -0.39 is 17.5 Å². The predicted octanol–water partition coefficient (Wildman–Crippen LogP) is 2.78. The molecule has 0 saturated heterocycles. The molecule has 0 amide bonds. The Labute approximate surface area is 118 Å². The molecule has 110 valence electrons. The van der Waals surface area contributed by atoms with Crippen molar-refractivity contribution in [1.82, 2.24) is 0 Å². The van der Waals surface area contributed by atoms with E-state index in [4.69, 9.17) is 15.7 Å². The van der Waals surface area contributed by atoms with E-state index in [2.05, 4.69) is 5.16 Å². The Morgan fingerprint density at radius 3 is 2.33 bits per heavy atom. The minimum absolute atomic E-state index is 0.0487. The molecule has 0 spiro atoms. The molecule has 2 aromatic carbocycles. The maximum Gasteiger partial charge on any atom is 0.170 e. The lowest BCUT2D eigenvalue weighted by atomic mass is 10.1. The van der Waals surface area contributed by atoms with E-state index in [0.717, 1.165) is 18.2 Å². The fourth-order valence-corrected chi connectivity index (χ4v) is 1.65. The summed E-state index contributed by atoms with van der Waals surface area (Å²) in [5, 5.41) is 11.3. The number of rotatable bonds is 4. The predicted molar refractivity (Wildman–Crippen MR) is 69.6 cm³/mol. The van der Waals surface area contributed by atoms with Crippen molar-refractivity contribution in [3.8, 4) is 5.75 Å². The molecule has 0 aliphatic carbocycles. The highest BCUT2D eigenvalue weighted by Gasteiger charge is 2.08. The fourth-order valence-electron chi connectivity index (χ4n) is 1.65. The number of nitrogens with two attached hydrogens (primary N) is 1. The standard InChI is InChI=1S/C14H11F3N2O2/c15-10-4-11(16)6-12(5-10)21-7-9-2-1-8(3-13(9)17)14(18)19-20/h1-6,20H,7H2,(H2,18,19). The van der Waals surface area contributed by atoms with Gasteiger partial charge in [0.05, 0.1) is 0 Å². The third-order valence-corrected chi connectivity index (χ3v) is 2.69. The van der Waals surface area contributed by atoms with Gasteiger partial charge in [-0.2, -0.15) is 0 Å². The van der Waals surface area contributed by atoms with Gasteiger partial charge in [-0.15, -0.1) is 0 Å². The molecule has 0 heterocycles. The molecule has 0 fully saturated rings. The second-order valence-corrected chi connectivity index (χ2v) is 4.19. The Morgan fingerprint density at radius 2 is 1.76 bits per heavy atom. The molecule has 0 aromatic heterocycles. The Kier molecular flexibility index (Phi) is 4.32. The number of amidine groups is 1. The van der Waals surface area contributed by atoms with Crippen molar-refractivity contribution in [2.75, 3.05) is 0 Å². The van der Waals surface area contributed by atoms with Crippen molar-refractivity contribution in [3.05, 3.63) is 65.0 Å². The van der Waals surface area contributed by atoms with Crippen molar-refractivity contribution in [2.45, 2.75) is 6.61 Å². The van der Waals surface area contributed by atoms with Crippen LogP contribution in [0.3, 0.4) is 0 Å². The number of oxime groups is 1. The summed E-state index contributed by atoms with van der Waals surface area (Å²) in [6, 6.07) is 6.57. The van der Waals surface area contributed by atoms with Gasteiger partial charge in [0.15, 0.2) is 5.84 Å². The lowest BCUT2D eigenvalue weighted by Gasteiger charge is -2.08. The van der Waals surface area contributed by atoms with Crippen LogP contribution in [0.15, 0.2) is 41.6 Å². The number of hydrogen-bond acceptors (Lipinski definition) is 3. The number of nitrogens with zero attached hydrogens (tertiary/aromatic N) is 1.